The van der Waals surface area contributed by atoms with Crippen molar-refractivity contribution in [1.82, 2.24) is 9.97 Å². The van der Waals surface area contributed by atoms with Crippen LogP contribution in [0.2, 0.25) is 0 Å². The third kappa shape index (κ3) is 3.66. The molecule has 18 heavy (non-hydrogen) atoms. The van der Waals surface area contributed by atoms with Crippen molar-refractivity contribution in [3.05, 3.63) is 18.1 Å². The SMILES string of the molecule is COC(=O)c1cncc(NC(CN)C(C)(C)C)n1. The van der Waals surface area contributed by atoms with Crippen LogP contribution in [-0.4, -0.2) is 35.6 Å². The molecule has 3 N–H and O–H groups in total. The third-order valence-electron chi connectivity index (χ3n) is 2.63. The maximum Gasteiger partial charge on any atom is 0.358 e. The van der Waals surface area contributed by atoms with Crippen LogP contribution in [0.25, 0.3) is 0 Å². The molecule has 0 aliphatic rings. The molecule has 100 valence electrons. The highest BCUT2D eigenvalue weighted by molar-refractivity contribution is 5.87. The summed E-state index contributed by atoms with van der Waals surface area (Å²) in [6.07, 6.45) is 2.92. The van der Waals surface area contributed by atoms with E-state index in [1.165, 1.54) is 13.3 Å². The number of esters is 1. The Hall–Kier alpha value is -1.69. The van der Waals surface area contributed by atoms with Gasteiger partial charge in [-0.3, -0.25) is 4.98 Å². The van der Waals surface area contributed by atoms with Gasteiger partial charge in [0, 0.05) is 12.6 Å². The van der Waals surface area contributed by atoms with Crippen LogP contribution in [0.1, 0.15) is 31.3 Å². The molecule has 0 saturated heterocycles. The number of nitrogens with zero attached hydrogens (tertiary/aromatic N) is 2. The molecule has 1 rings (SSSR count). The van der Waals surface area contributed by atoms with Gasteiger partial charge in [0.05, 0.1) is 19.5 Å². The van der Waals surface area contributed by atoms with E-state index in [4.69, 9.17) is 5.73 Å². The van der Waals surface area contributed by atoms with E-state index in [1.807, 2.05) is 0 Å². The summed E-state index contributed by atoms with van der Waals surface area (Å²) >= 11 is 0. The molecular weight excluding hydrogens is 232 g/mol. The Morgan fingerprint density at radius 3 is 2.67 bits per heavy atom. The number of rotatable bonds is 4. The lowest BCUT2D eigenvalue weighted by atomic mass is 9.87. The first-order valence-electron chi connectivity index (χ1n) is 5.75. The van der Waals surface area contributed by atoms with Crippen LogP contribution in [-0.2, 0) is 4.74 Å². The van der Waals surface area contributed by atoms with E-state index >= 15 is 0 Å². The van der Waals surface area contributed by atoms with Crippen molar-refractivity contribution in [2.45, 2.75) is 26.8 Å². The van der Waals surface area contributed by atoms with Crippen molar-refractivity contribution in [2.24, 2.45) is 11.1 Å². The number of aromatic nitrogens is 2. The summed E-state index contributed by atoms with van der Waals surface area (Å²) in [6, 6.07) is 0.0414. The molecule has 1 atom stereocenters. The summed E-state index contributed by atoms with van der Waals surface area (Å²) in [5.41, 5.74) is 5.89. The fourth-order valence-electron chi connectivity index (χ4n) is 1.45. The average molecular weight is 252 g/mol. The van der Waals surface area contributed by atoms with Crippen LogP contribution in [0, 0.1) is 5.41 Å². The molecule has 0 bridgehead atoms. The van der Waals surface area contributed by atoms with Crippen molar-refractivity contribution in [3.8, 4) is 0 Å². The van der Waals surface area contributed by atoms with Gasteiger partial charge in [0.15, 0.2) is 5.69 Å². The molecule has 0 spiro atoms. The number of carbonyl (C=O) groups is 1. The zero-order chi connectivity index (χ0) is 13.8. The minimum atomic E-state index is -0.508. The first-order chi connectivity index (χ1) is 8.38. The van der Waals surface area contributed by atoms with Gasteiger partial charge in [-0.2, -0.15) is 0 Å². The van der Waals surface area contributed by atoms with E-state index in [0.29, 0.717) is 12.4 Å². The van der Waals surface area contributed by atoms with E-state index in [-0.39, 0.29) is 17.2 Å². The summed E-state index contributed by atoms with van der Waals surface area (Å²) in [5, 5.41) is 3.18. The summed E-state index contributed by atoms with van der Waals surface area (Å²) in [5.74, 6) is 0.00878. The zero-order valence-electron chi connectivity index (χ0n) is 11.2. The van der Waals surface area contributed by atoms with Crippen LogP contribution in [0.5, 0.6) is 0 Å². The quantitative estimate of drug-likeness (QED) is 0.778. The molecule has 0 fully saturated rings. The van der Waals surface area contributed by atoms with E-state index in [2.05, 4.69) is 40.8 Å². The third-order valence-corrected chi connectivity index (χ3v) is 2.63. The first kappa shape index (κ1) is 14.4. The van der Waals surface area contributed by atoms with Crippen LogP contribution >= 0.6 is 0 Å². The van der Waals surface area contributed by atoms with Crippen molar-refractivity contribution in [1.29, 1.82) is 0 Å². The highest BCUT2D eigenvalue weighted by atomic mass is 16.5. The number of hydrogen-bond acceptors (Lipinski definition) is 6. The highest BCUT2D eigenvalue weighted by Gasteiger charge is 2.23. The van der Waals surface area contributed by atoms with Crippen molar-refractivity contribution < 1.29 is 9.53 Å². The molecule has 0 saturated carbocycles. The number of anilines is 1. The number of methoxy groups -OCH3 is 1. The second-order valence-electron chi connectivity index (χ2n) is 5.08. The van der Waals surface area contributed by atoms with Crippen molar-refractivity contribution in [2.75, 3.05) is 19.0 Å². The number of nitrogens with one attached hydrogen (secondary N) is 1. The van der Waals surface area contributed by atoms with Gasteiger partial charge in [0.25, 0.3) is 0 Å². The Balaban J connectivity index is 2.87. The molecule has 6 nitrogen and oxygen atoms in total. The van der Waals surface area contributed by atoms with Gasteiger partial charge in [-0.1, -0.05) is 20.8 Å². The van der Waals surface area contributed by atoms with Crippen molar-refractivity contribution in [3.63, 3.8) is 0 Å². The van der Waals surface area contributed by atoms with Gasteiger partial charge in [-0.25, -0.2) is 9.78 Å². The molecular formula is C12H20N4O2. The summed E-state index contributed by atoms with van der Waals surface area (Å²) in [7, 11) is 1.31. The minimum Gasteiger partial charge on any atom is -0.464 e. The fourth-order valence-corrected chi connectivity index (χ4v) is 1.45. The molecule has 1 aromatic heterocycles. The monoisotopic (exact) mass is 252 g/mol. The average Bonchev–Trinajstić information content (AvgIpc) is 2.33. The van der Waals surface area contributed by atoms with E-state index < -0.39 is 5.97 Å². The molecule has 1 heterocycles. The Morgan fingerprint density at radius 1 is 1.50 bits per heavy atom. The highest BCUT2D eigenvalue weighted by Crippen LogP contribution is 2.21. The number of hydrogen-bond donors (Lipinski definition) is 2. The summed E-state index contributed by atoms with van der Waals surface area (Å²) < 4.78 is 4.60. The van der Waals surface area contributed by atoms with Gasteiger partial charge in [-0.05, 0) is 5.41 Å². The molecule has 1 aromatic rings. The molecule has 6 heteroatoms. The lowest BCUT2D eigenvalue weighted by Crippen LogP contribution is -2.40. The molecule has 0 aliphatic carbocycles. The zero-order valence-corrected chi connectivity index (χ0v) is 11.2. The van der Waals surface area contributed by atoms with Gasteiger partial charge >= 0.3 is 5.97 Å². The Labute approximate surface area is 107 Å². The fraction of sp³-hybridized carbons (Fsp3) is 0.583. The van der Waals surface area contributed by atoms with E-state index in [0.717, 1.165) is 0 Å². The maximum atomic E-state index is 11.3. The predicted molar refractivity (Wildman–Crippen MR) is 69.3 cm³/mol. The standard InChI is InChI=1S/C12H20N4O2/c1-12(2,3)9(5-13)16-10-7-14-6-8(15-10)11(17)18-4/h6-7,9H,5,13H2,1-4H3,(H,15,16). The second-order valence-corrected chi connectivity index (χ2v) is 5.08. The largest absolute Gasteiger partial charge is 0.464 e. The minimum absolute atomic E-state index is 0.0162. The van der Waals surface area contributed by atoms with Gasteiger partial charge < -0.3 is 15.8 Å². The molecule has 0 radical (unpaired) electrons. The molecule has 0 aliphatic heterocycles. The first-order valence-corrected chi connectivity index (χ1v) is 5.75. The molecule has 1 unspecified atom stereocenters. The van der Waals surface area contributed by atoms with E-state index in [9.17, 15) is 4.79 Å². The van der Waals surface area contributed by atoms with Gasteiger partial charge in [0.2, 0.25) is 0 Å². The number of carbonyl (C=O) groups excluding carboxylic acids is 1. The smallest absolute Gasteiger partial charge is 0.358 e. The Kier molecular flexibility index (Phi) is 4.61. The predicted octanol–water partition coefficient (Wildman–Crippen LogP) is 1.05. The van der Waals surface area contributed by atoms with Gasteiger partial charge in [0.1, 0.15) is 5.82 Å². The van der Waals surface area contributed by atoms with Crippen LogP contribution in [0.15, 0.2) is 12.4 Å². The van der Waals surface area contributed by atoms with E-state index in [1.54, 1.807) is 6.20 Å². The molecule has 0 aromatic carbocycles. The summed E-state index contributed by atoms with van der Waals surface area (Å²) in [4.78, 5) is 19.4. The Morgan fingerprint density at radius 2 is 2.17 bits per heavy atom. The van der Waals surface area contributed by atoms with Crippen LogP contribution < -0.4 is 11.1 Å². The van der Waals surface area contributed by atoms with Crippen LogP contribution in [0.4, 0.5) is 5.82 Å². The number of nitrogens with two attached hydrogens (primary N) is 1. The van der Waals surface area contributed by atoms with Crippen LogP contribution in [0.3, 0.4) is 0 Å². The topological polar surface area (TPSA) is 90.1 Å². The van der Waals surface area contributed by atoms with Crippen molar-refractivity contribution >= 4 is 11.8 Å². The lowest BCUT2D eigenvalue weighted by Gasteiger charge is -2.30. The molecule has 0 amide bonds. The normalized spacial score (nSPS) is 12.9. The number of ether oxygens (including phenoxy) is 1. The lowest BCUT2D eigenvalue weighted by molar-refractivity contribution is 0.0593. The van der Waals surface area contributed by atoms with Gasteiger partial charge in [-0.15, -0.1) is 0 Å². The second kappa shape index (κ2) is 5.77. The summed E-state index contributed by atoms with van der Waals surface area (Å²) in [6.45, 7) is 6.70. The maximum absolute atomic E-state index is 11.3. The Bertz CT molecular complexity index is 415.